The molecule has 0 aliphatic heterocycles. The SMILES string of the molecule is COc1cc2c3cc(OC)c(OC)cc3c3cc([Si](C)(C)C)c(OS(=O)(=O)C(F)(F)F)cc3c2cc1OC. The fraction of sp³-hybridized carbons (Fsp3) is 0.308. The smallest absolute Gasteiger partial charge is 0.493 e. The third-order valence-corrected chi connectivity index (χ3v) is 9.30. The number of methoxy groups -OCH3 is 4. The highest BCUT2D eigenvalue weighted by molar-refractivity contribution is 7.88. The van der Waals surface area contributed by atoms with E-state index in [-0.39, 0.29) is 5.75 Å². The Balaban J connectivity index is 2.27. The summed E-state index contributed by atoms with van der Waals surface area (Å²) >= 11 is 0. The van der Waals surface area contributed by atoms with E-state index in [1.54, 1.807) is 24.3 Å². The van der Waals surface area contributed by atoms with E-state index >= 15 is 0 Å². The maximum Gasteiger partial charge on any atom is 0.534 e. The Morgan fingerprint density at radius 3 is 1.13 bits per heavy atom. The molecular formula is C26H27F3O7SSi. The van der Waals surface area contributed by atoms with Gasteiger partial charge in [-0.1, -0.05) is 25.7 Å². The summed E-state index contributed by atoms with van der Waals surface area (Å²) in [5.74, 6) is 1.41. The van der Waals surface area contributed by atoms with E-state index in [2.05, 4.69) is 0 Å². The van der Waals surface area contributed by atoms with Crippen molar-refractivity contribution in [1.82, 2.24) is 0 Å². The van der Waals surface area contributed by atoms with Gasteiger partial charge in [-0.15, -0.1) is 0 Å². The molecule has 0 bridgehead atoms. The molecule has 4 aromatic rings. The Morgan fingerprint density at radius 2 is 0.868 bits per heavy atom. The van der Waals surface area contributed by atoms with Gasteiger partial charge in [-0.05, 0) is 67.8 Å². The second-order valence-electron chi connectivity index (χ2n) is 9.63. The monoisotopic (exact) mass is 568 g/mol. The van der Waals surface area contributed by atoms with Gasteiger partial charge in [0.2, 0.25) is 0 Å². The third-order valence-electron chi connectivity index (χ3n) is 6.33. The number of rotatable bonds is 7. The van der Waals surface area contributed by atoms with Crippen molar-refractivity contribution in [2.24, 2.45) is 0 Å². The molecule has 0 fully saturated rings. The van der Waals surface area contributed by atoms with Crippen LogP contribution in [0.25, 0.3) is 32.3 Å². The summed E-state index contributed by atoms with van der Waals surface area (Å²) in [5, 5.41) is 4.31. The minimum atomic E-state index is -5.90. The summed E-state index contributed by atoms with van der Waals surface area (Å²) in [6.07, 6.45) is 0. The van der Waals surface area contributed by atoms with E-state index in [0.717, 1.165) is 10.8 Å². The number of ether oxygens (including phenoxy) is 4. The van der Waals surface area contributed by atoms with Gasteiger partial charge < -0.3 is 23.1 Å². The van der Waals surface area contributed by atoms with E-state index in [1.165, 1.54) is 34.5 Å². The van der Waals surface area contributed by atoms with E-state index in [1.807, 2.05) is 25.7 Å². The highest BCUT2D eigenvalue weighted by Crippen LogP contribution is 2.45. The molecule has 0 radical (unpaired) electrons. The van der Waals surface area contributed by atoms with Gasteiger partial charge in [0.1, 0.15) is 5.75 Å². The molecule has 0 unspecified atom stereocenters. The summed E-state index contributed by atoms with van der Waals surface area (Å²) < 4.78 is 90.8. The lowest BCUT2D eigenvalue weighted by Crippen LogP contribution is -2.40. The second-order valence-corrected chi connectivity index (χ2v) is 16.2. The molecule has 0 spiro atoms. The van der Waals surface area contributed by atoms with Gasteiger partial charge in [0.15, 0.2) is 23.0 Å². The van der Waals surface area contributed by atoms with Gasteiger partial charge in [0, 0.05) is 0 Å². The Kier molecular flexibility index (Phi) is 6.85. The van der Waals surface area contributed by atoms with Crippen LogP contribution in [0, 0.1) is 0 Å². The van der Waals surface area contributed by atoms with Crippen LogP contribution in [0.4, 0.5) is 13.2 Å². The van der Waals surface area contributed by atoms with Crippen LogP contribution in [0.15, 0.2) is 36.4 Å². The topological polar surface area (TPSA) is 80.3 Å². The minimum absolute atomic E-state index is 0.357. The van der Waals surface area contributed by atoms with Crippen molar-refractivity contribution in [1.29, 1.82) is 0 Å². The first kappa shape index (κ1) is 27.6. The summed E-state index contributed by atoms with van der Waals surface area (Å²) in [6.45, 7) is 5.67. The van der Waals surface area contributed by atoms with Crippen LogP contribution in [0.1, 0.15) is 0 Å². The van der Waals surface area contributed by atoms with Crippen LogP contribution >= 0.6 is 0 Å². The average molecular weight is 569 g/mol. The van der Waals surface area contributed by atoms with Gasteiger partial charge >= 0.3 is 15.6 Å². The molecule has 0 N–H and O–H groups in total. The van der Waals surface area contributed by atoms with Crippen LogP contribution in [-0.4, -0.2) is 50.4 Å². The van der Waals surface area contributed by atoms with Crippen LogP contribution in [-0.2, 0) is 10.1 Å². The van der Waals surface area contributed by atoms with Crippen molar-refractivity contribution in [2.75, 3.05) is 28.4 Å². The van der Waals surface area contributed by atoms with Crippen molar-refractivity contribution in [2.45, 2.75) is 25.1 Å². The lowest BCUT2D eigenvalue weighted by atomic mass is 9.93. The molecule has 4 rings (SSSR count). The van der Waals surface area contributed by atoms with Gasteiger partial charge in [-0.25, -0.2) is 0 Å². The first-order valence-corrected chi connectivity index (χ1v) is 16.3. The lowest BCUT2D eigenvalue weighted by Gasteiger charge is -2.23. The largest absolute Gasteiger partial charge is 0.534 e. The number of halogens is 3. The molecule has 0 saturated carbocycles. The molecule has 0 aliphatic rings. The highest BCUT2D eigenvalue weighted by Gasteiger charge is 2.49. The maximum absolute atomic E-state index is 13.3. The van der Waals surface area contributed by atoms with Crippen LogP contribution < -0.4 is 28.3 Å². The predicted octanol–water partition coefficient (Wildman–Crippen LogP) is 5.95. The molecular weight excluding hydrogens is 541 g/mol. The molecule has 7 nitrogen and oxygen atoms in total. The zero-order valence-electron chi connectivity index (χ0n) is 21.9. The second kappa shape index (κ2) is 9.42. The van der Waals surface area contributed by atoms with Crippen molar-refractivity contribution < 1.29 is 44.7 Å². The quantitative estimate of drug-likeness (QED) is 0.118. The molecule has 0 saturated heterocycles. The van der Waals surface area contributed by atoms with Crippen LogP contribution in [0.2, 0.25) is 19.6 Å². The fourth-order valence-electron chi connectivity index (χ4n) is 4.50. The first-order valence-electron chi connectivity index (χ1n) is 11.4. The molecule has 0 atom stereocenters. The van der Waals surface area contributed by atoms with Crippen molar-refractivity contribution >= 4 is 55.7 Å². The summed E-state index contributed by atoms with van der Waals surface area (Å²) in [6, 6.07) is 10.1. The van der Waals surface area contributed by atoms with E-state index in [4.69, 9.17) is 23.1 Å². The molecule has 0 heterocycles. The van der Waals surface area contributed by atoms with Gasteiger partial charge in [-0.2, -0.15) is 21.6 Å². The zero-order chi connectivity index (χ0) is 28.2. The van der Waals surface area contributed by atoms with Crippen LogP contribution in [0.3, 0.4) is 0 Å². The van der Waals surface area contributed by atoms with Gasteiger partial charge in [0.25, 0.3) is 0 Å². The number of fused-ring (bicyclic) bond motifs is 6. The standard InChI is InChI=1S/C26H27F3O7SSi/c1-32-20-8-14-15-9-21(33-2)23(35-4)11-17(15)19-13-25(38(5,6)7)24(36-37(30,31)26(27,28)29)12-18(19)16(14)10-22(20)34-3/h8-13H,1-7H3. The van der Waals surface area contributed by atoms with E-state index in [0.29, 0.717) is 49.7 Å². The van der Waals surface area contributed by atoms with Crippen molar-refractivity contribution in [3.63, 3.8) is 0 Å². The lowest BCUT2D eigenvalue weighted by molar-refractivity contribution is -0.0499. The molecule has 0 aromatic heterocycles. The number of benzene rings is 4. The average Bonchev–Trinajstić information content (AvgIpc) is 2.85. The molecule has 0 aliphatic carbocycles. The predicted molar refractivity (Wildman–Crippen MR) is 144 cm³/mol. The third kappa shape index (κ3) is 4.55. The fourth-order valence-corrected chi connectivity index (χ4v) is 6.48. The summed E-state index contributed by atoms with van der Waals surface area (Å²) in [7, 11) is -2.36. The normalized spacial score (nSPS) is 12.7. The van der Waals surface area contributed by atoms with Gasteiger partial charge in [-0.3, -0.25) is 0 Å². The summed E-state index contributed by atoms with van der Waals surface area (Å²) in [4.78, 5) is 0. The van der Waals surface area contributed by atoms with Crippen molar-refractivity contribution in [3.05, 3.63) is 36.4 Å². The molecule has 12 heteroatoms. The van der Waals surface area contributed by atoms with Crippen molar-refractivity contribution in [3.8, 4) is 28.7 Å². The van der Waals surface area contributed by atoms with Gasteiger partial charge in [0.05, 0.1) is 36.5 Å². The Bertz CT molecular complexity index is 1680. The number of hydrogen-bond acceptors (Lipinski definition) is 7. The first-order chi connectivity index (χ1) is 17.7. The maximum atomic E-state index is 13.3. The zero-order valence-corrected chi connectivity index (χ0v) is 23.7. The van der Waals surface area contributed by atoms with E-state index < -0.39 is 23.7 Å². The minimum Gasteiger partial charge on any atom is -0.493 e. The van der Waals surface area contributed by atoms with E-state index in [9.17, 15) is 21.6 Å². The molecule has 0 amide bonds. The Hall–Kier alpha value is -3.38. The number of alkyl halides is 3. The molecule has 204 valence electrons. The number of hydrogen-bond donors (Lipinski definition) is 0. The highest BCUT2D eigenvalue weighted by atomic mass is 32.2. The van der Waals surface area contributed by atoms with Crippen LogP contribution in [0.5, 0.6) is 28.7 Å². The Morgan fingerprint density at radius 1 is 0.579 bits per heavy atom. The summed E-state index contributed by atoms with van der Waals surface area (Å²) in [5.41, 5.74) is -5.58. The molecule has 4 aromatic carbocycles. The Labute approximate surface area is 219 Å². The molecule has 38 heavy (non-hydrogen) atoms.